The minimum Gasteiger partial charge on any atom is -0.496 e. The summed E-state index contributed by atoms with van der Waals surface area (Å²) in [5.41, 5.74) is 7.31. The first-order chi connectivity index (χ1) is 9.67. The summed E-state index contributed by atoms with van der Waals surface area (Å²) >= 11 is 0. The fraction of sp³-hybridized carbons (Fsp3) is 0.250. The van der Waals surface area contributed by atoms with Gasteiger partial charge in [0.05, 0.1) is 25.3 Å². The van der Waals surface area contributed by atoms with Crippen molar-refractivity contribution in [2.45, 2.75) is 13.0 Å². The van der Waals surface area contributed by atoms with Crippen LogP contribution in [0.2, 0.25) is 0 Å². The number of rotatable bonds is 5. The van der Waals surface area contributed by atoms with Crippen LogP contribution in [0.1, 0.15) is 24.1 Å². The van der Waals surface area contributed by atoms with Crippen LogP contribution in [0.3, 0.4) is 0 Å². The van der Waals surface area contributed by atoms with Crippen LogP contribution >= 0.6 is 0 Å². The lowest BCUT2D eigenvalue weighted by Gasteiger charge is -2.17. The predicted octanol–water partition coefficient (Wildman–Crippen LogP) is 3.28. The number of benzene rings is 2. The third-order valence-electron chi connectivity index (χ3n) is 3.07. The molecular formula is C16H18FNO2. The van der Waals surface area contributed by atoms with Gasteiger partial charge in [0.25, 0.3) is 0 Å². The minimum atomic E-state index is -0.605. The molecule has 0 amide bonds. The van der Waals surface area contributed by atoms with Crippen LogP contribution in [-0.2, 0) is 0 Å². The van der Waals surface area contributed by atoms with Crippen LogP contribution < -0.4 is 15.2 Å². The normalized spacial score (nSPS) is 12.0. The van der Waals surface area contributed by atoms with Crippen LogP contribution in [0, 0.1) is 5.82 Å². The number of ether oxygens (including phenoxy) is 2. The van der Waals surface area contributed by atoms with Gasteiger partial charge in [0, 0.05) is 0 Å². The topological polar surface area (TPSA) is 44.5 Å². The molecule has 1 unspecified atom stereocenters. The van der Waals surface area contributed by atoms with E-state index in [1.807, 2.05) is 31.2 Å². The Morgan fingerprint density at radius 1 is 1.20 bits per heavy atom. The van der Waals surface area contributed by atoms with Gasteiger partial charge in [0.15, 0.2) is 0 Å². The molecule has 1 atom stereocenters. The van der Waals surface area contributed by atoms with E-state index in [1.54, 1.807) is 12.1 Å². The molecule has 0 saturated heterocycles. The third kappa shape index (κ3) is 2.91. The summed E-state index contributed by atoms with van der Waals surface area (Å²) in [5, 5.41) is 0. The summed E-state index contributed by atoms with van der Waals surface area (Å²) in [5.74, 6) is 0.786. The van der Waals surface area contributed by atoms with Crippen LogP contribution in [0.5, 0.6) is 11.5 Å². The van der Waals surface area contributed by atoms with Crippen molar-refractivity contribution < 1.29 is 13.9 Å². The molecule has 2 aromatic rings. The first-order valence-electron chi connectivity index (χ1n) is 6.48. The molecule has 0 aliphatic rings. The largest absolute Gasteiger partial charge is 0.496 e. The molecule has 106 valence electrons. The Bertz CT molecular complexity index is 586. The molecule has 20 heavy (non-hydrogen) atoms. The van der Waals surface area contributed by atoms with E-state index in [-0.39, 0.29) is 5.82 Å². The van der Waals surface area contributed by atoms with Gasteiger partial charge in [-0.25, -0.2) is 4.39 Å². The van der Waals surface area contributed by atoms with Crippen LogP contribution in [0.4, 0.5) is 4.39 Å². The molecule has 2 aromatic carbocycles. The molecule has 0 bridgehead atoms. The van der Waals surface area contributed by atoms with Gasteiger partial charge in [-0.15, -0.1) is 0 Å². The molecule has 2 N–H and O–H groups in total. The van der Waals surface area contributed by atoms with E-state index in [1.165, 1.54) is 13.2 Å². The van der Waals surface area contributed by atoms with Crippen molar-refractivity contribution in [3.63, 3.8) is 0 Å². The number of hydrogen-bond donors (Lipinski definition) is 1. The Balaban J connectivity index is 2.40. The zero-order chi connectivity index (χ0) is 14.5. The summed E-state index contributed by atoms with van der Waals surface area (Å²) in [4.78, 5) is 0. The summed E-state index contributed by atoms with van der Waals surface area (Å²) in [6, 6.07) is 11.4. The fourth-order valence-electron chi connectivity index (χ4n) is 2.13. The minimum absolute atomic E-state index is 0.351. The van der Waals surface area contributed by atoms with E-state index >= 15 is 0 Å². The zero-order valence-electron chi connectivity index (χ0n) is 11.6. The highest BCUT2D eigenvalue weighted by atomic mass is 19.1. The summed E-state index contributed by atoms with van der Waals surface area (Å²) in [6.45, 7) is 2.48. The smallest absolute Gasteiger partial charge is 0.132 e. The molecule has 2 rings (SSSR count). The molecule has 0 spiro atoms. The second-order valence-electron chi connectivity index (χ2n) is 4.34. The highest BCUT2D eigenvalue weighted by Crippen LogP contribution is 2.31. The number of nitrogens with two attached hydrogens (primary N) is 1. The molecule has 0 saturated carbocycles. The van der Waals surface area contributed by atoms with Crippen molar-refractivity contribution in [2.75, 3.05) is 13.7 Å². The lowest BCUT2D eigenvalue weighted by Crippen LogP contribution is -2.15. The molecule has 0 aliphatic heterocycles. The van der Waals surface area contributed by atoms with Crippen molar-refractivity contribution in [2.24, 2.45) is 5.73 Å². The van der Waals surface area contributed by atoms with Gasteiger partial charge >= 0.3 is 0 Å². The molecule has 3 nitrogen and oxygen atoms in total. The van der Waals surface area contributed by atoms with E-state index in [0.717, 1.165) is 11.3 Å². The Labute approximate surface area is 118 Å². The Morgan fingerprint density at radius 3 is 2.65 bits per heavy atom. The fourth-order valence-corrected chi connectivity index (χ4v) is 2.13. The maximum atomic E-state index is 14.0. The van der Waals surface area contributed by atoms with E-state index in [2.05, 4.69) is 0 Å². The van der Waals surface area contributed by atoms with Crippen molar-refractivity contribution in [3.8, 4) is 11.5 Å². The summed E-state index contributed by atoms with van der Waals surface area (Å²) in [7, 11) is 1.50. The zero-order valence-corrected chi connectivity index (χ0v) is 11.6. The van der Waals surface area contributed by atoms with Crippen LogP contribution in [0.15, 0.2) is 42.5 Å². The number of hydrogen-bond acceptors (Lipinski definition) is 3. The first-order valence-corrected chi connectivity index (χ1v) is 6.48. The van der Waals surface area contributed by atoms with E-state index in [9.17, 15) is 4.39 Å². The Morgan fingerprint density at radius 2 is 1.95 bits per heavy atom. The predicted molar refractivity (Wildman–Crippen MR) is 76.6 cm³/mol. The SMILES string of the molecule is CCOc1cccc(C(N)c2c(F)cccc2OC)c1. The molecule has 4 heteroatoms. The van der Waals surface area contributed by atoms with Gasteiger partial charge in [-0.1, -0.05) is 18.2 Å². The molecular weight excluding hydrogens is 257 g/mol. The second kappa shape index (κ2) is 6.39. The average molecular weight is 275 g/mol. The number of halogens is 1. The number of methoxy groups -OCH3 is 1. The standard InChI is InChI=1S/C16H18FNO2/c1-3-20-12-7-4-6-11(10-12)16(18)15-13(17)8-5-9-14(15)19-2/h4-10,16H,3,18H2,1-2H3. The van der Waals surface area contributed by atoms with Gasteiger partial charge in [0.2, 0.25) is 0 Å². The maximum absolute atomic E-state index is 14.0. The van der Waals surface area contributed by atoms with Gasteiger partial charge in [-0.3, -0.25) is 0 Å². The van der Waals surface area contributed by atoms with E-state index < -0.39 is 6.04 Å². The van der Waals surface area contributed by atoms with Crippen molar-refractivity contribution in [1.29, 1.82) is 0 Å². The lowest BCUT2D eigenvalue weighted by atomic mass is 9.98. The molecule has 0 aromatic heterocycles. The second-order valence-corrected chi connectivity index (χ2v) is 4.34. The quantitative estimate of drug-likeness (QED) is 0.910. The third-order valence-corrected chi connectivity index (χ3v) is 3.07. The summed E-state index contributed by atoms with van der Waals surface area (Å²) < 4.78 is 24.7. The highest BCUT2D eigenvalue weighted by Gasteiger charge is 2.18. The highest BCUT2D eigenvalue weighted by molar-refractivity contribution is 5.43. The lowest BCUT2D eigenvalue weighted by molar-refractivity contribution is 0.339. The van der Waals surface area contributed by atoms with Crippen LogP contribution in [-0.4, -0.2) is 13.7 Å². The molecule has 0 radical (unpaired) electrons. The van der Waals surface area contributed by atoms with E-state index in [4.69, 9.17) is 15.2 Å². The van der Waals surface area contributed by atoms with Crippen molar-refractivity contribution in [3.05, 3.63) is 59.4 Å². The van der Waals surface area contributed by atoms with E-state index in [0.29, 0.717) is 17.9 Å². The van der Waals surface area contributed by atoms with Crippen molar-refractivity contribution >= 4 is 0 Å². The summed E-state index contributed by atoms with van der Waals surface area (Å²) in [6.07, 6.45) is 0. The van der Waals surface area contributed by atoms with Crippen LogP contribution in [0.25, 0.3) is 0 Å². The molecule has 0 aliphatic carbocycles. The Kier molecular flexibility index (Phi) is 4.58. The maximum Gasteiger partial charge on any atom is 0.132 e. The first kappa shape index (κ1) is 14.3. The van der Waals surface area contributed by atoms with Gasteiger partial charge < -0.3 is 15.2 Å². The van der Waals surface area contributed by atoms with Gasteiger partial charge in [0.1, 0.15) is 17.3 Å². The molecule has 0 fully saturated rings. The van der Waals surface area contributed by atoms with Crippen molar-refractivity contribution in [1.82, 2.24) is 0 Å². The average Bonchev–Trinajstić information content (AvgIpc) is 2.47. The Hall–Kier alpha value is -2.07. The molecule has 0 heterocycles. The van der Waals surface area contributed by atoms with Gasteiger partial charge in [-0.2, -0.15) is 0 Å². The van der Waals surface area contributed by atoms with Gasteiger partial charge in [-0.05, 0) is 36.8 Å². The monoisotopic (exact) mass is 275 g/mol.